The first-order chi connectivity index (χ1) is 13.9. The highest BCUT2D eigenvalue weighted by Crippen LogP contribution is 2.50. The topological polar surface area (TPSA) is 38.8 Å². The Kier molecular flexibility index (Phi) is 5.71. The van der Waals surface area contributed by atoms with E-state index >= 15 is 0 Å². The van der Waals surface area contributed by atoms with Crippen LogP contribution in [-0.2, 0) is 22.6 Å². The molecule has 1 heterocycles. The van der Waals surface area contributed by atoms with Gasteiger partial charge in [-0.05, 0) is 69.6 Å². The van der Waals surface area contributed by atoms with Gasteiger partial charge in [0.05, 0.1) is 5.92 Å². The number of nitrogens with zero attached hydrogens (tertiary/aromatic N) is 1. The van der Waals surface area contributed by atoms with Gasteiger partial charge in [-0.3, -0.25) is 4.79 Å². The molecule has 1 fully saturated rings. The third-order valence-corrected chi connectivity index (χ3v) is 7.06. The molecule has 0 saturated carbocycles. The number of halogens is 1. The van der Waals surface area contributed by atoms with E-state index in [-0.39, 0.29) is 23.9 Å². The number of benzene rings is 2. The van der Waals surface area contributed by atoms with Crippen LogP contribution in [0.4, 0.5) is 0 Å². The molecule has 1 aliphatic carbocycles. The van der Waals surface area contributed by atoms with Gasteiger partial charge < -0.3 is 14.4 Å². The zero-order valence-corrected chi connectivity index (χ0v) is 19.1. The van der Waals surface area contributed by atoms with Gasteiger partial charge in [-0.25, -0.2) is 0 Å². The Bertz CT molecular complexity index is 940. The SMILES string of the molecule is Cc1cc(OCc2ccccc2Br)c(C)c2c1CCC1C(CN(C)C)C(=O)OC21. The molecule has 0 bridgehead atoms. The molecule has 4 rings (SSSR count). The Hall–Kier alpha value is -1.85. The van der Waals surface area contributed by atoms with Crippen LogP contribution in [0, 0.1) is 25.7 Å². The third-order valence-electron chi connectivity index (χ3n) is 6.29. The first kappa shape index (κ1) is 20.4. The number of hydrogen-bond donors (Lipinski definition) is 0. The van der Waals surface area contributed by atoms with Gasteiger partial charge in [0.15, 0.2) is 0 Å². The van der Waals surface area contributed by atoms with E-state index in [2.05, 4.69) is 46.8 Å². The van der Waals surface area contributed by atoms with E-state index in [1.54, 1.807) is 0 Å². The van der Waals surface area contributed by atoms with Crippen molar-refractivity contribution in [2.24, 2.45) is 11.8 Å². The van der Waals surface area contributed by atoms with Crippen molar-refractivity contribution < 1.29 is 14.3 Å². The normalized spacial score (nSPS) is 23.0. The molecule has 0 amide bonds. The fraction of sp³-hybridized carbons (Fsp3) is 0.458. The van der Waals surface area contributed by atoms with E-state index in [1.807, 2.05) is 32.3 Å². The number of ether oxygens (including phenoxy) is 2. The Labute approximate surface area is 181 Å². The van der Waals surface area contributed by atoms with Gasteiger partial charge in [-0.15, -0.1) is 0 Å². The lowest BCUT2D eigenvalue weighted by molar-refractivity contribution is -0.144. The van der Waals surface area contributed by atoms with E-state index in [0.717, 1.165) is 40.7 Å². The first-order valence-corrected chi connectivity index (χ1v) is 11.0. The number of carbonyl (C=O) groups excluding carboxylic acids is 1. The maximum atomic E-state index is 12.6. The Morgan fingerprint density at radius 2 is 2.00 bits per heavy atom. The second kappa shape index (κ2) is 8.11. The van der Waals surface area contributed by atoms with Crippen LogP contribution >= 0.6 is 15.9 Å². The highest BCUT2D eigenvalue weighted by Gasteiger charge is 2.48. The van der Waals surface area contributed by atoms with Crippen molar-refractivity contribution in [3.8, 4) is 5.75 Å². The average molecular weight is 458 g/mol. The summed E-state index contributed by atoms with van der Waals surface area (Å²) in [5, 5.41) is 0. The number of aryl methyl sites for hydroxylation is 1. The number of carbonyl (C=O) groups is 1. The molecule has 154 valence electrons. The molecule has 1 saturated heterocycles. The van der Waals surface area contributed by atoms with Crippen LogP contribution in [0.3, 0.4) is 0 Å². The monoisotopic (exact) mass is 457 g/mol. The summed E-state index contributed by atoms with van der Waals surface area (Å²) in [6.07, 6.45) is 1.84. The minimum absolute atomic E-state index is 0.0484. The maximum absolute atomic E-state index is 12.6. The number of hydrogen-bond acceptors (Lipinski definition) is 4. The molecule has 5 heteroatoms. The molecule has 1 aliphatic heterocycles. The zero-order valence-electron chi connectivity index (χ0n) is 17.5. The standard InChI is InChI=1S/C24H28BrNO3/c1-14-11-21(28-13-16-7-5-6-8-20(16)25)15(2)22-17(14)9-10-18-19(12-26(3)4)24(27)29-23(18)22/h5-8,11,18-19,23H,9-10,12-13H2,1-4H3. The van der Waals surface area contributed by atoms with Crippen molar-refractivity contribution in [2.45, 2.75) is 39.4 Å². The highest BCUT2D eigenvalue weighted by atomic mass is 79.9. The highest BCUT2D eigenvalue weighted by molar-refractivity contribution is 9.10. The maximum Gasteiger partial charge on any atom is 0.311 e. The molecular formula is C24H28BrNO3. The molecule has 0 aromatic heterocycles. The van der Waals surface area contributed by atoms with Gasteiger partial charge in [0, 0.05) is 28.1 Å². The van der Waals surface area contributed by atoms with Gasteiger partial charge in [0.1, 0.15) is 18.5 Å². The van der Waals surface area contributed by atoms with Crippen LogP contribution in [0.25, 0.3) is 0 Å². The zero-order chi connectivity index (χ0) is 20.7. The molecule has 2 aromatic rings. The van der Waals surface area contributed by atoms with Crippen LogP contribution in [-0.4, -0.2) is 31.5 Å². The second-order valence-electron chi connectivity index (χ2n) is 8.52. The number of fused-ring (bicyclic) bond motifs is 3. The van der Waals surface area contributed by atoms with E-state index in [1.165, 1.54) is 16.7 Å². The van der Waals surface area contributed by atoms with Gasteiger partial charge in [0.25, 0.3) is 0 Å². The Balaban J connectivity index is 1.65. The first-order valence-electron chi connectivity index (χ1n) is 10.2. The summed E-state index contributed by atoms with van der Waals surface area (Å²) in [6.45, 7) is 5.48. The smallest absolute Gasteiger partial charge is 0.311 e. The molecule has 29 heavy (non-hydrogen) atoms. The van der Waals surface area contributed by atoms with E-state index in [9.17, 15) is 4.79 Å². The summed E-state index contributed by atoms with van der Waals surface area (Å²) in [5.41, 5.74) is 5.94. The lowest BCUT2D eigenvalue weighted by atomic mass is 9.74. The minimum atomic E-state index is -0.151. The molecular weight excluding hydrogens is 430 g/mol. The Morgan fingerprint density at radius 3 is 2.72 bits per heavy atom. The third kappa shape index (κ3) is 3.82. The van der Waals surface area contributed by atoms with Crippen LogP contribution < -0.4 is 4.74 Å². The summed E-state index contributed by atoms with van der Waals surface area (Å²) in [7, 11) is 4.03. The predicted octanol–water partition coefficient (Wildman–Crippen LogP) is 4.98. The molecule has 0 spiro atoms. The van der Waals surface area contributed by atoms with Gasteiger partial charge >= 0.3 is 5.97 Å². The largest absolute Gasteiger partial charge is 0.489 e. The second-order valence-corrected chi connectivity index (χ2v) is 9.37. The van der Waals surface area contributed by atoms with Crippen LogP contribution in [0.15, 0.2) is 34.8 Å². The summed E-state index contributed by atoms with van der Waals surface area (Å²) < 4.78 is 13.2. The predicted molar refractivity (Wildman–Crippen MR) is 117 cm³/mol. The van der Waals surface area contributed by atoms with Crippen LogP contribution in [0.1, 0.15) is 40.3 Å². The van der Waals surface area contributed by atoms with Crippen molar-refractivity contribution in [3.63, 3.8) is 0 Å². The van der Waals surface area contributed by atoms with E-state index in [0.29, 0.717) is 6.61 Å². The average Bonchev–Trinajstić information content (AvgIpc) is 2.99. The van der Waals surface area contributed by atoms with Crippen molar-refractivity contribution in [3.05, 3.63) is 62.6 Å². The van der Waals surface area contributed by atoms with Crippen molar-refractivity contribution in [1.29, 1.82) is 0 Å². The number of rotatable bonds is 5. The molecule has 2 aliphatic rings. The van der Waals surface area contributed by atoms with Crippen LogP contribution in [0.2, 0.25) is 0 Å². The molecule has 2 aromatic carbocycles. The van der Waals surface area contributed by atoms with Gasteiger partial charge in [-0.2, -0.15) is 0 Å². The summed E-state index contributed by atoms with van der Waals surface area (Å²) in [6, 6.07) is 10.2. The summed E-state index contributed by atoms with van der Waals surface area (Å²) >= 11 is 3.59. The molecule has 0 N–H and O–H groups in total. The van der Waals surface area contributed by atoms with E-state index < -0.39 is 0 Å². The van der Waals surface area contributed by atoms with Gasteiger partial charge in [-0.1, -0.05) is 34.1 Å². The fourth-order valence-electron chi connectivity index (χ4n) is 4.83. The quantitative estimate of drug-likeness (QED) is 0.593. The fourth-order valence-corrected chi connectivity index (χ4v) is 5.23. The minimum Gasteiger partial charge on any atom is -0.489 e. The van der Waals surface area contributed by atoms with Crippen molar-refractivity contribution >= 4 is 21.9 Å². The lowest BCUT2D eigenvalue weighted by Crippen LogP contribution is -2.31. The van der Waals surface area contributed by atoms with Crippen molar-refractivity contribution in [2.75, 3.05) is 20.6 Å². The summed E-state index contributed by atoms with van der Waals surface area (Å²) in [4.78, 5) is 14.7. The molecule has 3 unspecified atom stereocenters. The van der Waals surface area contributed by atoms with Gasteiger partial charge in [0.2, 0.25) is 0 Å². The molecule has 0 radical (unpaired) electrons. The van der Waals surface area contributed by atoms with Crippen LogP contribution in [0.5, 0.6) is 5.75 Å². The Morgan fingerprint density at radius 1 is 1.24 bits per heavy atom. The van der Waals surface area contributed by atoms with E-state index in [4.69, 9.17) is 9.47 Å². The lowest BCUT2D eigenvalue weighted by Gasteiger charge is -2.32. The summed E-state index contributed by atoms with van der Waals surface area (Å²) in [5.74, 6) is 1.02. The molecule has 3 atom stereocenters. The number of esters is 1. The molecule has 4 nitrogen and oxygen atoms in total. The van der Waals surface area contributed by atoms with Crippen molar-refractivity contribution in [1.82, 2.24) is 4.90 Å².